The molecular weight excluding hydrogens is 327 g/mol. The smallest absolute Gasteiger partial charge is 0.207 e. The number of rotatable bonds is 3. The molecule has 0 N–H and O–H groups in total. The Morgan fingerprint density at radius 1 is 1.24 bits per heavy atom. The van der Waals surface area contributed by atoms with Crippen LogP contribution in [0.5, 0.6) is 0 Å². The fraction of sp³-hybridized carbons (Fsp3) is 0.538. The molecule has 0 unspecified atom stereocenters. The summed E-state index contributed by atoms with van der Waals surface area (Å²) in [6.07, 6.45) is -3.31. The summed E-state index contributed by atoms with van der Waals surface area (Å²) in [7, 11) is -3.89. The van der Waals surface area contributed by atoms with Gasteiger partial charge in [-0.2, -0.15) is 17.5 Å². The molecular formula is C13H15ClF3NO2S. The molecule has 2 rings (SSSR count). The molecule has 1 fully saturated rings. The van der Waals surface area contributed by atoms with Gasteiger partial charge in [0.15, 0.2) is 0 Å². The molecule has 1 aromatic carbocycles. The van der Waals surface area contributed by atoms with E-state index in [2.05, 4.69) is 0 Å². The number of benzene rings is 1. The van der Waals surface area contributed by atoms with Crippen molar-refractivity contribution < 1.29 is 21.6 Å². The minimum atomic E-state index is -4.56. The van der Waals surface area contributed by atoms with Gasteiger partial charge in [0.25, 0.3) is 0 Å². The first-order chi connectivity index (χ1) is 9.75. The first-order valence-corrected chi connectivity index (χ1v) is 8.46. The van der Waals surface area contributed by atoms with Crippen molar-refractivity contribution in [2.24, 2.45) is 5.92 Å². The summed E-state index contributed by atoms with van der Waals surface area (Å²) < 4.78 is 64.0. The SMILES string of the molecule is O=S(=O)(c1cccc(C(F)(F)F)c1)N1CCC(CCl)CC1. The highest BCUT2D eigenvalue weighted by Crippen LogP contribution is 2.32. The molecule has 0 spiro atoms. The quantitative estimate of drug-likeness (QED) is 0.791. The van der Waals surface area contributed by atoms with E-state index in [1.165, 1.54) is 10.4 Å². The third-order valence-electron chi connectivity index (χ3n) is 3.59. The molecule has 1 heterocycles. The maximum atomic E-state index is 12.7. The molecule has 1 aliphatic heterocycles. The van der Waals surface area contributed by atoms with Gasteiger partial charge in [-0.1, -0.05) is 6.07 Å². The van der Waals surface area contributed by atoms with Gasteiger partial charge in [0, 0.05) is 19.0 Å². The second-order valence-electron chi connectivity index (χ2n) is 5.03. The molecule has 1 saturated heterocycles. The zero-order chi connectivity index (χ0) is 15.7. The van der Waals surface area contributed by atoms with Crippen LogP contribution in [-0.4, -0.2) is 31.7 Å². The zero-order valence-electron chi connectivity index (χ0n) is 11.1. The van der Waals surface area contributed by atoms with Crippen LogP contribution in [-0.2, 0) is 16.2 Å². The molecule has 8 heteroatoms. The standard InChI is InChI=1S/C13H15ClF3NO2S/c14-9-10-4-6-18(7-5-10)21(19,20)12-3-1-2-11(8-12)13(15,16)17/h1-3,8,10H,4-7,9H2. The van der Waals surface area contributed by atoms with E-state index < -0.39 is 21.8 Å². The Hall–Kier alpha value is -0.790. The number of hydrogen-bond donors (Lipinski definition) is 0. The molecule has 118 valence electrons. The lowest BCUT2D eigenvalue weighted by atomic mass is 10.0. The number of hydrogen-bond acceptors (Lipinski definition) is 2. The number of alkyl halides is 4. The molecule has 0 aromatic heterocycles. The monoisotopic (exact) mass is 341 g/mol. The summed E-state index contributed by atoms with van der Waals surface area (Å²) in [4.78, 5) is -0.318. The molecule has 3 nitrogen and oxygen atoms in total. The maximum absolute atomic E-state index is 12.7. The van der Waals surface area contributed by atoms with Crippen LogP contribution in [0.25, 0.3) is 0 Å². The van der Waals surface area contributed by atoms with Gasteiger partial charge in [-0.15, -0.1) is 11.6 Å². The molecule has 21 heavy (non-hydrogen) atoms. The van der Waals surface area contributed by atoms with E-state index >= 15 is 0 Å². The van der Waals surface area contributed by atoms with E-state index in [1.54, 1.807) is 0 Å². The van der Waals surface area contributed by atoms with Crippen molar-refractivity contribution in [2.45, 2.75) is 23.9 Å². The van der Waals surface area contributed by atoms with Gasteiger partial charge in [-0.25, -0.2) is 8.42 Å². The Balaban J connectivity index is 2.24. The third-order valence-corrected chi connectivity index (χ3v) is 5.92. The topological polar surface area (TPSA) is 37.4 Å². The summed E-state index contributed by atoms with van der Waals surface area (Å²) in [6.45, 7) is 0.575. The van der Waals surface area contributed by atoms with E-state index in [0.29, 0.717) is 24.8 Å². The van der Waals surface area contributed by atoms with E-state index in [-0.39, 0.29) is 23.9 Å². The van der Waals surface area contributed by atoms with Crippen molar-refractivity contribution in [2.75, 3.05) is 19.0 Å². The normalized spacial score (nSPS) is 18.9. The van der Waals surface area contributed by atoms with Crippen LogP contribution in [0.15, 0.2) is 29.2 Å². The lowest BCUT2D eigenvalue weighted by Gasteiger charge is -2.30. The van der Waals surface area contributed by atoms with Gasteiger partial charge in [0.2, 0.25) is 10.0 Å². The lowest BCUT2D eigenvalue weighted by Crippen LogP contribution is -2.38. The van der Waals surface area contributed by atoms with Crippen LogP contribution in [0.1, 0.15) is 18.4 Å². The summed E-state index contributed by atoms with van der Waals surface area (Å²) >= 11 is 5.74. The van der Waals surface area contributed by atoms with E-state index in [9.17, 15) is 21.6 Å². The molecule has 0 bridgehead atoms. The Labute approximate surface area is 126 Å². The molecule has 0 radical (unpaired) electrons. The van der Waals surface area contributed by atoms with Crippen molar-refractivity contribution in [3.05, 3.63) is 29.8 Å². The van der Waals surface area contributed by atoms with Gasteiger partial charge in [-0.3, -0.25) is 0 Å². The Morgan fingerprint density at radius 3 is 2.38 bits per heavy atom. The van der Waals surface area contributed by atoms with Crippen molar-refractivity contribution >= 4 is 21.6 Å². The van der Waals surface area contributed by atoms with Crippen LogP contribution in [0.4, 0.5) is 13.2 Å². The Morgan fingerprint density at radius 2 is 1.86 bits per heavy atom. The highest BCUT2D eigenvalue weighted by molar-refractivity contribution is 7.89. The van der Waals surface area contributed by atoms with Crippen LogP contribution in [0.2, 0.25) is 0 Å². The van der Waals surface area contributed by atoms with Gasteiger partial charge < -0.3 is 0 Å². The van der Waals surface area contributed by atoms with Gasteiger partial charge in [-0.05, 0) is 37.0 Å². The van der Waals surface area contributed by atoms with Gasteiger partial charge in [0.1, 0.15) is 0 Å². The lowest BCUT2D eigenvalue weighted by molar-refractivity contribution is -0.137. The van der Waals surface area contributed by atoms with Crippen molar-refractivity contribution in [3.8, 4) is 0 Å². The molecule has 1 aromatic rings. The molecule has 1 aliphatic rings. The number of nitrogens with zero attached hydrogens (tertiary/aromatic N) is 1. The van der Waals surface area contributed by atoms with Gasteiger partial charge in [0.05, 0.1) is 10.5 Å². The minimum absolute atomic E-state index is 0.264. The largest absolute Gasteiger partial charge is 0.416 e. The average molecular weight is 342 g/mol. The Kier molecular flexibility index (Phi) is 4.85. The highest BCUT2D eigenvalue weighted by atomic mass is 35.5. The minimum Gasteiger partial charge on any atom is -0.207 e. The Bertz CT molecular complexity index is 596. The van der Waals surface area contributed by atoms with Crippen molar-refractivity contribution in [1.29, 1.82) is 0 Å². The summed E-state index contributed by atoms with van der Waals surface area (Å²) in [5.41, 5.74) is -0.959. The van der Waals surface area contributed by atoms with Crippen LogP contribution in [0.3, 0.4) is 0 Å². The highest BCUT2D eigenvalue weighted by Gasteiger charge is 2.34. The first kappa shape index (κ1) is 16.6. The predicted molar refractivity (Wildman–Crippen MR) is 73.6 cm³/mol. The number of sulfonamides is 1. The molecule has 0 aliphatic carbocycles. The zero-order valence-corrected chi connectivity index (χ0v) is 12.7. The van der Waals surface area contributed by atoms with Gasteiger partial charge >= 0.3 is 6.18 Å². The average Bonchev–Trinajstić information content (AvgIpc) is 2.46. The fourth-order valence-electron chi connectivity index (χ4n) is 2.29. The van der Waals surface area contributed by atoms with Crippen molar-refractivity contribution in [1.82, 2.24) is 4.31 Å². The number of piperidine rings is 1. The summed E-state index contributed by atoms with van der Waals surface area (Å²) in [6, 6.07) is 3.85. The van der Waals surface area contributed by atoms with Crippen LogP contribution in [0, 0.1) is 5.92 Å². The maximum Gasteiger partial charge on any atom is 0.416 e. The van der Waals surface area contributed by atoms with E-state index in [0.717, 1.165) is 12.1 Å². The molecule has 0 saturated carbocycles. The summed E-state index contributed by atoms with van der Waals surface area (Å²) in [5.74, 6) is 0.733. The van der Waals surface area contributed by atoms with E-state index in [4.69, 9.17) is 11.6 Å². The second-order valence-corrected chi connectivity index (χ2v) is 7.27. The molecule has 0 atom stereocenters. The first-order valence-electron chi connectivity index (χ1n) is 6.48. The number of halogens is 4. The van der Waals surface area contributed by atoms with Crippen LogP contribution < -0.4 is 0 Å². The predicted octanol–water partition coefficient (Wildman–Crippen LogP) is 3.34. The van der Waals surface area contributed by atoms with Crippen LogP contribution >= 0.6 is 11.6 Å². The second kappa shape index (κ2) is 6.14. The summed E-state index contributed by atoms with van der Waals surface area (Å²) in [5, 5.41) is 0. The van der Waals surface area contributed by atoms with Crippen molar-refractivity contribution in [3.63, 3.8) is 0 Å². The van der Waals surface area contributed by atoms with E-state index in [1.807, 2.05) is 0 Å². The fourth-order valence-corrected chi connectivity index (χ4v) is 4.11. The molecule has 0 amide bonds. The third kappa shape index (κ3) is 3.70.